The van der Waals surface area contributed by atoms with Crippen molar-refractivity contribution in [2.24, 2.45) is 0 Å². The minimum Gasteiger partial charge on any atom is -0.490 e. The fourth-order valence-corrected chi connectivity index (χ4v) is 2.66. The Morgan fingerprint density at radius 2 is 1.85 bits per heavy atom. The predicted molar refractivity (Wildman–Crippen MR) is 111 cm³/mol. The van der Waals surface area contributed by atoms with Crippen molar-refractivity contribution in [1.82, 2.24) is 5.32 Å². The number of halogens is 1. The molecular weight excluding hydrogens is 366 g/mol. The average Bonchev–Trinajstić information content (AvgIpc) is 2.65. The van der Waals surface area contributed by atoms with Crippen LogP contribution in [0, 0.1) is 12.3 Å². The Kier molecular flexibility index (Phi) is 8.27. The summed E-state index contributed by atoms with van der Waals surface area (Å²) in [7, 11) is 0. The van der Waals surface area contributed by atoms with E-state index < -0.39 is 0 Å². The number of rotatable bonds is 9. The van der Waals surface area contributed by atoms with Gasteiger partial charge in [-0.05, 0) is 48.7 Å². The second kappa shape index (κ2) is 10.7. The summed E-state index contributed by atoms with van der Waals surface area (Å²) in [6.07, 6.45) is 6.83. The molecule has 26 heavy (non-hydrogen) atoms. The second-order valence-electron chi connectivity index (χ2n) is 5.61. The van der Waals surface area contributed by atoms with Crippen molar-refractivity contribution in [3.05, 3.63) is 58.6 Å². The SMILES string of the molecule is C#CCOc1ccc(CCC(=S)NCc2ccc(Cl)cc2)cc1OCC. The third kappa shape index (κ3) is 6.59. The maximum atomic E-state index is 5.89. The molecule has 0 aliphatic rings. The number of benzene rings is 2. The quantitative estimate of drug-likeness (QED) is 0.494. The summed E-state index contributed by atoms with van der Waals surface area (Å²) in [5.41, 5.74) is 2.28. The van der Waals surface area contributed by atoms with E-state index in [1.54, 1.807) is 0 Å². The van der Waals surface area contributed by atoms with Crippen molar-refractivity contribution in [1.29, 1.82) is 0 Å². The number of thiocarbonyl (C=S) groups is 1. The molecular formula is C21H22ClNO2S. The van der Waals surface area contributed by atoms with Gasteiger partial charge < -0.3 is 14.8 Å². The van der Waals surface area contributed by atoms with Crippen LogP contribution in [0.5, 0.6) is 11.5 Å². The zero-order valence-electron chi connectivity index (χ0n) is 14.8. The van der Waals surface area contributed by atoms with Crippen LogP contribution in [0.4, 0.5) is 0 Å². The zero-order chi connectivity index (χ0) is 18.8. The van der Waals surface area contributed by atoms with E-state index in [4.69, 9.17) is 39.7 Å². The van der Waals surface area contributed by atoms with Crippen LogP contribution >= 0.6 is 23.8 Å². The molecule has 0 aliphatic heterocycles. The molecule has 2 rings (SSSR count). The van der Waals surface area contributed by atoms with Gasteiger partial charge >= 0.3 is 0 Å². The third-order valence-corrected chi connectivity index (χ3v) is 4.26. The van der Waals surface area contributed by atoms with Crippen molar-refractivity contribution in [2.45, 2.75) is 26.3 Å². The Morgan fingerprint density at radius 1 is 1.12 bits per heavy atom. The first-order valence-electron chi connectivity index (χ1n) is 8.45. The summed E-state index contributed by atoms with van der Waals surface area (Å²) in [5.74, 6) is 3.83. The molecule has 0 radical (unpaired) electrons. The highest BCUT2D eigenvalue weighted by atomic mass is 35.5. The van der Waals surface area contributed by atoms with Crippen LogP contribution in [-0.2, 0) is 13.0 Å². The Balaban J connectivity index is 1.87. The second-order valence-corrected chi connectivity index (χ2v) is 6.54. The molecule has 0 amide bonds. The molecule has 0 spiro atoms. The lowest BCUT2D eigenvalue weighted by Gasteiger charge is -2.13. The standard InChI is InChI=1S/C21H22ClNO2S/c1-3-13-25-19-11-7-16(14-20(19)24-4-2)8-12-21(26)23-15-17-5-9-18(22)10-6-17/h1,5-7,9-11,14H,4,8,12-13,15H2,2H3,(H,23,26). The van der Waals surface area contributed by atoms with Crippen molar-refractivity contribution in [3.8, 4) is 23.8 Å². The largest absolute Gasteiger partial charge is 0.490 e. The number of terminal acetylenes is 1. The van der Waals surface area contributed by atoms with Crippen LogP contribution in [0.2, 0.25) is 5.02 Å². The number of nitrogens with one attached hydrogen (secondary N) is 1. The molecule has 0 aromatic heterocycles. The lowest BCUT2D eigenvalue weighted by Crippen LogP contribution is -2.21. The fourth-order valence-electron chi connectivity index (χ4n) is 2.36. The van der Waals surface area contributed by atoms with E-state index in [0.29, 0.717) is 24.7 Å². The van der Waals surface area contributed by atoms with Crippen LogP contribution in [-0.4, -0.2) is 18.2 Å². The van der Waals surface area contributed by atoms with E-state index >= 15 is 0 Å². The van der Waals surface area contributed by atoms with Crippen molar-refractivity contribution < 1.29 is 9.47 Å². The van der Waals surface area contributed by atoms with E-state index in [2.05, 4.69) is 11.2 Å². The van der Waals surface area contributed by atoms with Gasteiger partial charge in [-0.15, -0.1) is 6.42 Å². The maximum absolute atomic E-state index is 5.89. The van der Waals surface area contributed by atoms with Gasteiger partial charge in [0.2, 0.25) is 0 Å². The maximum Gasteiger partial charge on any atom is 0.162 e. The molecule has 0 unspecified atom stereocenters. The van der Waals surface area contributed by atoms with Crippen LogP contribution in [0.15, 0.2) is 42.5 Å². The molecule has 0 aliphatic carbocycles. The van der Waals surface area contributed by atoms with Gasteiger partial charge in [0.25, 0.3) is 0 Å². The summed E-state index contributed by atoms with van der Waals surface area (Å²) >= 11 is 11.3. The lowest BCUT2D eigenvalue weighted by molar-refractivity contribution is 0.299. The fraction of sp³-hybridized carbons (Fsp3) is 0.286. The lowest BCUT2D eigenvalue weighted by atomic mass is 10.1. The van der Waals surface area contributed by atoms with Gasteiger partial charge in [-0.1, -0.05) is 47.9 Å². The number of aryl methyl sites for hydroxylation is 1. The Hall–Kier alpha value is -2.22. The first-order chi connectivity index (χ1) is 12.6. The number of ether oxygens (including phenoxy) is 2. The molecule has 1 N–H and O–H groups in total. The first-order valence-corrected chi connectivity index (χ1v) is 9.24. The van der Waals surface area contributed by atoms with E-state index in [-0.39, 0.29) is 6.61 Å². The van der Waals surface area contributed by atoms with Crippen LogP contribution in [0.1, 0.15) is 24.5 Å². The minimum absolute atomic E-state index is 0.220. The molecule has 2 aromatic rings. The van der Waals surface area contributed by atoms with Crippen molar-refractivity contribution >= 4 is 28.8 Å². The molecule has 5 heteroatoms. The molecule has 0 atom stereocenters. The molecule has 2 aromatic carbocycles. The molecule has 0 saturated heterocycles. The molecule has 0 bridgehead atoms. The van der Waals surface area contributed by atoms with Crippen molar-refractivity contribution in [3.63, 3.8) is 0 Å². The topological polar surface area (TPSA) is 30.5 Å². The van der Waals surface area contributed by atoms with Gasteiger partial charge in [0.1, 0.15) is 6.61 Å². The first kappa shape index (κ1) is 20.1. The van der Waals surface area contributed by atoms with E-state index in [0.717, 1.165) is 34.0 Å². The summed E-state index contributed by atoms with van der Waals surface area (Å²) in [5, 5.41) is 4.01. The van der Waals surface area contributed by atoms with Gasteiger partial charge in [-0.25, -0.2) is 0 Å². The summed E-state index contributed by atoms with van der Waals surface area (Å²) in [6, 6.07) is 13.6. The normalized spacial score (nSPS) is 10.0. The zero-order valence-corrected chi connectivity index (χ0v) is 16.3. The van der Waals surface area contributed by atoms with E-state index in [1.807, 2.05) is 49.4 Å². The molecule has 0 heterocycles. The Bertz CT molecular complexity index is 769. The molecule has 0 fully saturated rings. The van der Waals surface area contributed by atoms with Gasteiger partial charge in [-0.3, -0.25) is 0 Å². The third-order valence-electron chi connectivity index (χ3n) is 3.66. The van der Waals surface area contributed by atoms with E-state index in [9.17, 15) is 0 Å². The van der Waals surface area contributed by atoms with Crippen LogP contribution < -0.4 is 14.8 Å². The Labute approximate surface area is 165 Å². The van der Waals surface area contributed by atoms with Gasteiger partial charge in [0.15, 0.2) is 11.5 Å². The minimum atomic E-state index is 0.220. The monoisotopic (exact) mass is 387 g/mol. The smallest absolute Gasteiger partial charge is 0.162 e. The van der Waals surface area contributed by atoms with Gasteiger partial charge in [0, 0.05) is 18.0 Å². The predicted octanol–water partition coefficient (Wildman–Crippen LogP) is 4.80. The number of hydrogen-bond acceptors (Lipinski definition) is 3. The highest BCUT2D eigenvalue weighted by Gasteiger charge is 2.07. The molecule has 0 saturated carbocycles. The average molecular weight is 388 g/mol. The summed E-state index contributed by atoms with van der Waals surface area (Å²) < 4.78 is 11.2. The van der Waals surface area contributed by atoms with Crippen LogP contribution in [0.3, 0.4) is 0 Å². The highest BCUT2D eigenvalue weighted by molar-refractivity contribution is 7.80. The number of hydrogen-bond donors (Lipinski definition) is 1. The van der Waals surface area contributed by atoms with E-state index in [1.165, 1.54) is 0 Å². The Morgan fingerprint density at radius 3 is 2.54 bits per heavy atom. The van der Waals surface area contributed by atoms with Gasteiger partial charge in [-0.2, -0.15) is 0 Å². The molecule has 3 nitrogen and oxygen atoms in total. The highest BCUT2D eigenvalue weighted by Crippen LogP contribution is 2.29. The van der Waals surface area contributed by atoms with Gasteiger partial charge in [0.05, 0.1) is 11.6 Å². The van der Waals surface area contributed by atoms with Crippen molar-refractivity contribution in [2.75, 3.05) is 13.2 Å². The van der Waals surface area contributed by atoms with Crippen LogP contribution in [0.25, 0.3) is 0 Å². The summed E-state index contributed by atoms with van der Waals surface area (Å²) in [4.78, 5) is 0.825. The summed E-state index contributed by atoms with van der Waals surface area (Å²) in [6.45, 7) is 3.42. The molecule has 136 valence electrons.